The van der Waals surface area contributed by atoms with Gasteiger partial charge in [-0.25, -0.2) is 0 Å². The first-order chi connectivity index (χ1) is 7.84. The van der Waals surface area contributed by atoms with Crippen LogP contribution in [0.2, 0.25) is 5.02 Å². The molecule has 2 heteroatoms. The van der Waals surface area contributed by atoms with Crippen LogP contribution in [0.4, 0.5) is 5.69 Å². The summed E-state index contributed by atoms with van der Waals surface area (Å²) in [6, 6.07) is 19.2. The fourth-order valence-corrected chi connectivity index (χ4v) is 2.14. The molecule has 2 aromatic rings. The Morgan fingerprint density at radius 3 is 2.31 bits per heavy atom. The van der Waals surface area contributed by atoms with Gasteiger partial charge in [0.25, 0.3) is 0 Å². The summed E-state index contributed by atoms with van der Waals surface area (Å²) >= 11 is 5.87. The van der Waals surface area contributed by atoms with Crippen LogP contribution in [0.3, 0.4) is 0 Å². The van der Waals surface area contributed by atoms with Crippen LogP contribution in [-0.4, -0.2) is 6.54 Å². The molecule has 16 heavy (non-hydrogen) atoms. The van der Waals surface area contributed by atoms with Crippen molar-refractivity contribution in [1.82, 2.24) is 0 Å². The highest BCUT2D eigenvalue weighted by Crippen LogP contribution is 2.39. The zero-order valence-corrected chi connectivity index (χ0v) is 9.56. The minimum atomic E-state index is 0.544. The van der Waals surface area contributed by atoms with Crippen LogP contribution in [0.1, 0.15) is 11.6 Å². The Balaban J connectivity index is 1.79. The molecule has 0 radical (unpaired) electrons. The van der Waals surface area contributed by atoms with Crippen LogP contribution in [0, 0.1) is 0 Å². The molecule has 80 valence electrons. The molecule has 3 rings (SSSR count). The summed E-state index contributed by atoms with van der Waals surface area (Å²) in [5.74, 6) is 0. The summed E-state index contributed by atoms with van der Waals surface area (Å²) in [7, 11) is 0. The Morgan fingerprint density at radius 1 is 0.938 bits per heavy atom. The molecule has 1 aliphatic rings. The summed E-state index contributed by atoms with van der Waals surface area (Å²) in [5.41, 5.74) is 2.63. The van der Waals surface area contributed by atoms with Gasteiger partial charge in [-0.2, -0.15) is 0 Å². The van der Waals surface area contributed by atoms with Crippen molar-refractivity contribution < 1.29 is 0 Å². The molecule has 0 aromatic heterocycles. The quantitative estimate of drug-likeness (QED) is 0.706. The maximum absolute atomic E-state index is 5.87. The van der Waals surface area contributed by atoms with Crippen molar-refractivity contribution in [1.29, 1.82) is 0 Å². The van der Waals surface area contributed by atoms with Crippen molar-refractivity contribution in [2.24, 2.45) is 0 Å². The van der Waals surface area contributed by atoms with Crippen LogP contribution in [0.15, 0.2) is 54.6 Å². The van der Waals surface area contributed by atoms with E-state index in [1.165, 1.54) is 11.3 Å². The number of nitrogens with zero attached hydrogens (tertiary/aromatic N) is 1. The van der Waals surface area contributed by atoms with Crippen molar-refractivity contribution in [2.45, 2.75) is 6.04 Å². The summed E-state index contributed by atoms with van der Waals surface area (Å²) in [4.78, 5) is 2.37. The van der Waals surface area contributed by atoms with E-state index in [4.69, 9.17) is 11.6 Å². The Kier molecular flexibility index (Phi) is 2.33. The second kappa shape index (κ2) is 3.84. The van der Waals surface area contributed by atoms with E-state index < -0.39 is 0 Å². The van der Waals surface area contributed by atoms with E-state index >= 15 is 0 Å². The predicted molar refractivity (Wildman–Crippen MR) is 68.0 cm³/mol. The molecule has 1 atom stereocenters. The van der Waals surface area contributed by atoms with Gasteiger partial charge in [-0.15, -0.1) is 0 Å². The summed E-state index contributed by atoms with van der Waals surface area (Å²) in [6.45, 7) is 1.10. The molecular weight excluding hydrogens is 218 g/mol. The van der Waals surface area contributed by atoms with Crippen LogP contribution >= 0.6 is 11.6 Å². The number of rotatable bonds is 2. The third-order valence-corrected chi connectivity index (χ3v) is 3.21. The average molecular weight is 230 g/mol. The highest BCUT2D eigenvalue weighted by Gasteiger charge is 2.35. The predicted octanol–water partition coefficient (Wildman–Crippen LogP) is 3.90. The molecule has 1 fully saturated rings. The standard InChI is InChI=1S/C14H12ClN/c15-12-6-8-13(9-7-12)16-10-14(16)11-4-2-1-3-5-11/h1-9,14H,10H2. The van der Waals surface area contributed by atoms with Crippen LogP contribution < -0.4 is 4.90 Å². The van der Waals surface area contributed by atoms with Crippen molar-refractivity contribution in [2.75, 3.05) is 11.4 Å². The monoisotopic (exact) mass is 229 g/mol. The third kappa shape index (κ3) is 1.79. The van der Waals surface area contributed by atoms with Gasteiger partial charge in [0.15, 0.2) is 0 Å². The molecule has 0 amide bonds. The van der Waals surface area contributed by atoms with Gasteiger partial charge in [0.05, 0.1) is 6.04 Å². The van der Waals surface area contributed by atoms with E-state index in [0.29, 0.717) is 6.04 Å². The van der Waals surface area contributed by atoms with Gasteiger partial charge < -0.3 is 4.90 Å². The normalized spacial score (nSPS) is 18.6. The van der Waals surface area contributed by atoms with Gasteiger partial charge in [0, 0.05) is 17.3 Å². The molecule has 2 aromatic carbocycles. The van der Waals surface area contributed by atoms with E-state index in [9.17, 15) is 0 Å². The number of hydrogen-bond donors (Lipinski definition) is 0. The summed E-state index contributed by atoms with van der Waals surface area (Å²) in [6.07, 6.45) is 0. The number of anilines is 1. The lowest BCUT2D eigenvalue weighted by Crippen LogP contribution is -1.93. The fourth-order valence-electron chi connectivity index (χ4n) is 2.02. The van der Waals surface area contributed by atoms with Gasteiger partial charge in [-0.05, 0) is 29.8 Å². The Bertz CT molecular complexity index is 478. The number of benzene rings is 2. The first-order valence-corrected chi connectivity index (χ1v) is 5.79. The third-order valence-electron chi connectivity index (χ3n) is 2.95. The van der Waals surface area contributed by atoms with Gasteiger partial charge in [-0.3, -0.25) is 0 Å². The molecule has 0 N–H and O–H groups in total. The second-order valence-corrected chi connectivity index (χ2v) is 4.49. The van der Waals surface area contributed by atoms with E-state index in [-0.39, 0.29) is 0 Å². The molecule has 0 aliphatic carbocycles. The lowest BCUT2D eigenvalue weighted by molar-refractivity contribution is 1.13. The second-order valence-electron chi connectivity index (χ2n) is 4.06. The maximum atomic E-state index is 5.87. The Hall–Kier alpha value is -1.47. The fraction of sp³-hybridized carbons (Fsp3) is 0.143. The van der Waals surface area contributed by atoms with E-state index in [1.54, 1.807) is 0 Å². The average Bonchev–Trinajstić information content (AvgIpc) is 3.11. The Labute approximate surface area is 100 Å². The molecule has 1 saturated heterocycles. The van der Waals surface area contributed by atoms with Crippen molar-refractivity contribution in [3.63, 3.8) is 0 Å². The van der Waals surface area contributed by atoms with Crippen molar-refractivity contribution >= 4 is 17.3 Å². The maximum Gasteiger partial charge on any atom is 0.0718 e. The number of hydrogen-bond acceptors (Lipinski definition) is 1. The van der Waals surface area contributed by atoms with Crippen LogP contribution in [-0.2, 0) is 0 Å². The minimum absolute atomic E-state index is 0.544. The highest BCUT2D eigenvalue weighted by molar-refractivity contribution is 6.30. The zero-order valence-electron chi connectivity index (χ0n) is 8.81. The molecule has 1 aliphatic heterocycles. The lowest BCUT2D eigenvalue weighted by atomic mass is 10.2. The van der Waals surface area contributed by atoms with Gasteiger partial charge in [-0.1, -0.05) is 41.9 Å². The molecule has 0 bridgehead atoms. The lowest BCUT2D eigenvalue weighted by Gasteiger charge is -2.05. The van der Waals surface area contributed by atoms with Gasteiger partial charge in [0.1, 0.15) is 0 Å². The van der Waals surface area contributed by atoms with E-state index in [0.717, 1.165) is 11.6 Å². The number of halogens is 1. The smallest absolute Gasteiger partial charge is 0.0718 e. The first kappa shape index (κ1) is 9.73. The molecule has 1 unspecified atom stereocenters. The summed E-state index contributed by atoms with van der Waals surface area (Å²) < 4.78 is 0. The molecule has 1 heterocycles. The minimum Gasteiger partial charge on any atom is -0.360 e. The highest BCUT2D eigenvalue weighted by atomic mass is 35.5. The first-order valence-electron chi connectivity index (χ1n) is 5.42. The van der Waals surface area contributed by atoms with Crippen molar-refractivity contribution in [3.05, 3.63) is 65.2 Å². The van der Waals surface area contributed by atoms with E-state index in [2.05, 4.69) is 47.4 Å². The molecule has 1 nitrogen and oxygen atoms in total. The van der Waals surface area contributed by atoms with Gasteiger partial charge >= 0.3 is 0 Å². The van der Waals surface area contributed by atoms with Crippen molar-refractivity contribution in [3.8, 4) is 0 Å². The van der Waals surface area contributed by atoms with Crippen LogP contribution in [0.25, 0.3) is 0 Å². The zero-order chi connectivity index (χ0) is 11.0. The van der Waals surface area contributed by atoms with Crippen LogP contribution in [0.5, 0.6) is 0 Å². The Morgan fingerprint density at radius 2 is 1.62 bits per heavy atom. The largest absolute Gasteiger partial charge is 0.360 e. The van der Waals surface area contributed by atoms with E-state index in [1.807, 2.05) is 12.1 Å². The van der Waals surface area contributed by atoms with Gasteiger partial charge in [0.2, 0.25) is 0 Å². The summed E-state index contributed by atoms with van der Waals surface area (Å²) in [5, 5.41) is 0.793. The molecular formula is C14H12ClN. The topological polar surface area (TPSA) is 3.01 Å². The molecule has 0 saturated carbocycles. The SMILES string of the molecule is Clc1ccc(N2CC2c2ccccc2)cc1. The molecule has 0 spiro atoms.